The van der Waals surface area contributed by atoms with Gasteiger partial charge in [0.05, 0.1) is 23.5 Å². The van der Waals surface area contributed by atoms with Crippen LogP contribution in [0.4, 0.5) is 0 Å². The van der Waals surface area contributed by atoms with Crippen molar-refractivity contribution in [2.24, 2.45) is 0 Å². The van der Waals surface area contributed by atoms with Crippen LogP contribution in [0.25, 0.3) is 9.88 Å². The molecule has 1 aliphatic carbocycles. The summed E-state index contributed by atoms with van der Waals surface area (Å²) >= 11 is 6.61. The van der Waals surface area contributed by atoms with E-state index >= 15 is 0 Å². The number of nitrogens with one attached hydrogen (secondary N) is 1. The van der Waals surface area contributed by atoms with E-state index in [0.29, 0.717) is 11.8 Å². The highest BCUT2D eigenvalue weighted by atomic mass is 79.9. The molecule has 0 atom stereocenters. The molecule has 0 bridgehead atoms. The first-order valence-corrected chi connectivity index (χ1v) is 10.0. The molecular formula is C15H13BrN4O2S2. The molecular weight excluding hydrogens is 412 g/mol. The van der Waals surface area contributed by atoms with Gasteiger partial charge >= 0.3 is 0 Å². The highest BCUT2D eigenvalue weighted by Gasteiger charge is 2.28. The lowest BCUT2D eigenvalue weighted by atomic mass is 10.3. The van der Waals surface area contributed by atoms with E-state index in [1.54, 1.807) is 22.7 Å². The van der Waals surface area contributed by atoms with Gasteiger partial charge in [-0.2, -0.15) is 4.98 Å². The van der Waals surface area contributed by atoms with Crippen LogP contribution in [-0.4, -0.2) is 21.0 Å². The maximum Gasteiger partial charge on any atom is 0.246 e. The van der Waals surface area contributed by atoms with Crippen molar-refractivity contribution in [2.75, 3.05) is 0 Å². The fourth-order valence-electron chi connectivity index (χ4n) is 2.17. The molecule has 0 aromatic carbocycles. The number of thiazole rings is 1. The van der Waals surface area contributed by atoms with Gasteiger partial charge in [-0.3, -0.25) is 4.79 Å². The van der Waals surface area contributed by atoms with Crippen LogP contribution < -0.4 is 5.32 Å². The molecule has 1 fully saturated rings. The number of nitrogens with zero attached hydrogens (tertiary/aromatic N) is 3. The normalized spacial score (nSPS) is 14.0. The minimum Gasteiger partial charge on any atom is -0.347 e. The summed E-state index contributed by atoms with van der Waals surface area (Å²) in [6.07, 6.45) is 2.49. The molecule has 1 saturated carbocycles. The molecule has 3 aromatic rings. The van der Waals surface area contributed by atoms with Crippen molar-refractivity contribution < 1.29 is 9.32 Å². The number of carbonyl (C=O) groups is 1. The Balaban J connectivity index is 1.31. The van der Waals surface area contributed by atoms with Crippen LogP contribution in [0.5, 0.6) is 0 Å². The third kappa shape index (κ3) is 3.73. The Morgan fingerprint density at radius 3 is 2.96 bits per heavy atom. The number of halogens is 1. The fraction of sp³-hybridized carbons (Fsp3) is 0.333. The molecule has 1 amide bonds. The van der Waals surface area contributed by atoms with Gasteiger partial charge in [-0.25, -0.2) is 4.98 Å². The average Bonchev–Trinajstić information content (AvgIpc) is 2.98. The lowest BCUT2D eigenvalue weighted by molar-refractivity contribution is -0.120. The first-order valence-electron chi connectivity index (χ1n) is 7.45. The Morgan fingerprint density at radius 1 is 1.33 bits per heavy atom. The average molecular weight is 425 g/mol. The van der Waals surface area contributed by atoms with Gasteiger partial charge in [-0.05, 0) is 34.8 Å². The number of rotatable bonds is 6. The largest absolute Gasteiger partial charge is 0.347 e. The second-order valence-corrected chi connectivity index (χ2v) is 8.23. The quantitative estimate of drug-likeness (QED) is 0.651. The van der Waals surface area contributed by atoms with Gasteiger partial charge in [0.1, 0.15) is 5.01 Å². The molecule has 4 rings (SSSR count). The van der Waals surface area contributed by atoms with Crippen molar-refractivity contribution in [3.05, 3.63) is 38.7 Å². The van der Waals surface area contributed by atoms with Crippen molar-refractivity contribution in [3.8, 4) is 9.88 Å². The van der Waals surface area contributed by atoms with Gasteiger partial charge in [0.2, 0.25) is 11.8 Å². The van der Waals surface area contributed by atoms with E-state index < -0.39 is 0 Å². The van der Waals surface area contributed by atoms with Gasteiger partial charge < -0.3 is 9.84 Å². The van der Waals surface area contributed by atoms with Gasteiger partial charge in [0.15, 0.2) is 5.82 Å². The van der Waals surface area contributed by atoms with Crippen LogP contribution in [0.2, 0.25) is 0 Å². The molecule has 124 valence electrons. The smallest absolute Gasteiger partial charge is 0.246 e. The summed E-state index contributed by atoms with van der Waals surface area (Å²) in [6.45, 7) is 0.257. The monoisotopic (exact) mass is 424 g/mol. The van der Waals surface area contributed by atoms with Crippen molar-refractivity contribution >= 4 is 44.5 Å². The minimum absolute atomic E-state index is 0.106. The van der Waals surface area contributed by atoms with Crippen molar-refractivity contribution in [2.45, 2.75) is 31.7 Å². The summed E-state index contributed by atoms with van der Waals surface area (Å²) in [4.78, 5) is 22.0. The Morgan fingerprint density at radius 2 is 2.21 bits per heavy atom. The molecule has 1 aliphatic rings. The van der Waals surface area contributed by atoms with Crippen molar-refractivity contribution in [1.82, 2.24) is 20.4 Å². The highest BCUT2D eigenvalue weighted by molar-refractivity contribution is 9.10. The summed E-state index contributed by atoms with van der Waals surface area (Å²) in [5.41, 5.74) is 0.765. The molecule has 3 heterocycles. The van der Waals surface area contributed by atoms with Crippen LogP contribution >= 0.6 is 38.6 Å². The van der Waals surface area contributed by atoms with Gasteiger partial charge in [-0.15, -0.1) is 22.7 Å². The lowest BCUT2D eigenvalue weighted by Gasteiger charge is -1.99. The summed E-state index contributed by atoms with van der Waals surface area (Å²) in [5, 5.41) is 11.6. The van der Waals surface area contributed by atoms with E-state index in [-0.39, 0.29) is 18.9 Å². The third-order valence-corrected chi connectivity index (χ3v) is 6.29. The highest BCUT2D eigenvalue weighted by Crippen LogP contribution is 2.38. The van der Waals surface area contributed by atoms with Gasteiger partial charge in [0, 0.05) is 21.2 Å². The zero-order chi connectivity index (χ0) is 16.5. The molecule has 0 radical (unpaired) electrons. The summed E-state index contributed by atoms with van der Waals surface area (Å²) in [6, 6.07) is 2.03. The minimum atomic E-state index is -0.106. The summed E-state index contributed by atoms with van der Waals surface area (Å²) in [5.74, 6) is 1.55. The van der Waals surface area contributed by atoms with Gasteiger partial charge in [0.25, 0.3) is 0 Å². The number of amides is 1. The third-order valence-electron chi connectivity index (χ3n) is 3.53. The first-order chi connectivity index (χ1) is 11.7. The predicted octanol–water partition coefficient (Wildman–Crippen LogP) is 3.75. The van der Waals surface area contributed by atoms with Crippen LogP contribution in [0.15, 0.2) is 25.8 Å². The van der Waals surface area contributed by atoms with E-state index in [1.165, 1.54) is 0 Å². The van der Waals surface area contributed by atoms with Crippen LogP contribution in [0.1, 0.15) is 36.2 Å². The number of hydrogen-bond donors (Lipinski definition) is 1. The second kappa shape index (κ2) is 6.73. The Kier molecular flexibility index (Phi) is 4.47. The number of carbonyl (C=O) groups excluding carboxylic acids is 1. The van der Waals surface area contributed by atoms with E-state index in [2.05, 4.69) is 36.4 Å². The van der Waals surface area contributed by atoms with Crippen molar-refractivity contribution in [3.63, 3.8) is 0 Å². The molecule has 0 unspecified atom stereocenters. The lowest BCUT2D eigenvalue weighted by Crippen LogP contribution is -2.24. The van der Waals surface area contributed by atoms with Crippen LogP contribution in [0.3, 0.4) is 0 Å². The number of aromatic nitrogens is 3. The van der Waals surface area contributed by atoms with E-state index in [9.17, 15) is 4.79 Å². The Bertz CT molecular complexity index is 868. The molecule has 1 N–H and O–H groups in total. The predicted molar refractivity (Wildman–Crippen MR) is 95.0 cm³/mol. The molecule has 0 aliphatic heterocycles. The standard InChI is InChI=1S/C15H13BrN4O2S2/c16-9-3-11(23-6-9)15-18-10(7-24-15)4-12(21)17-5-13-19-14(20-22-13)8-1-2-8/h3,6-8H,1-2,4-5H2,(H,17,21). The van der Waals surface area contributed by atoms with Crippen LogP contribution in [-0.2, 0) is 17.8 Å². The molecule has 6 nitrogen and oxygen atoms in total. The van der Waals surface area contributed by atoms with Crippen LogP contribution in [0, 0.1) is 0 Å². The first kappa shape index (κ1) is 15.9. The molecule has 0 saturated heterocycles. The van der Waals surface area contributed by atoms with Crippen molar-refractivity contribution in [1.29, 1.82) is 0 Å². The molecule has 9 heteroatoms. The van der Waals surface area contributed by atoms with E-state index in [0.717, 1.165) is 38.7 Å². The molecule has 24 heavy (non-hydrogen) atoms. The molecule has 3 aromatic heterocycles. The second-order valence-electron chi connectivity index (χ2n) is 5.55. The Labute approximate surface area is 154 Å². The summed E-state index contributed by atoms with van der Waals surface area (Å²) < 4.78 is 6.18. The number of hydrogen-bond acceptors (Lipinski definition) is 7. The van der Waals surface area contributed by atoms with E-state index in [4.69, 9.17) is 4.52 Å². The number of thiophene rings is 1. The van der Waals surface area contributed by atoms with E-state index in [1.807, 2.05) is 16.8 Å². The zero-order valence-corrected chi connectivity index (χ0v) is 15.7. The van der Waals surface area contributed by atoms with Gasteiger partial charge in [-0.1, -0.05) is 5.16 Å². The maximum atomic E-state index is 12.0. The fourth-order valence-corrected chi connectivity index (χ4v) is 4.50. The Hall–Kier alpha value is -1.58. The molecule has 0 spiro atoms. The summed E-state index contributed by atoms with van der Waals surface area (Å²) in [7, 11) is 0. The zero-order valence-electron chi connectivity index (χ0n) is 12.5. The SMILES string of the molecule is O=C(Cc1csc(-c2cc(Br)cs2)n1)NCc1nc(C2CC2)no1. The topological polar surface area (TPSA) is 80.9 Å². The maximum absolute atomic E-state index is 12.0.